The maximum atomic E-state index is 11.7. The summed E-state index contributed by atoms with van der Waals surface area (Å²) >= 11 is 0. The molecule has 0 saturated carbocycles. The predicted molar refractivity (Wildman–Crippen MR) is 55.7 cm³/mol. The zero-order chi connectivity index (χ0) is 10.4. The van der Waals surface area contributed by atoms with Crippen LogP contribution in [0.1, 0.15) is 25.7 Å². The summed E-state index contributed by atoms with van der Waals surface area (Å²) in [7, 11) is -1.41. The first-order valence-corrected chi connectivity index (χ1v) is 6.74. The summed E-state index contributed by atoms with van der Waals surface area (Å²) in [6.45, 7) is 1.93. The number of sulfonamides is 1. The molecule has 84 valence electrons. The summed E-state index contributed by atoms with van der Waals surface area (Å²) < 4.78 is 29.9. The molecule has 0 atom stereocenters. The SMILES string of the molecule is COCCCS(=O)(=O)N1CCCCC1. The van der Waals surface area contributed by atoms with Crippen LogP contribution in [0.5, 0.6) is 0 Å². The van der Waals surface area contributed by atoms with E-state index in [1.54, 1.807) is 11.4 Å². The molecule has 0 spiro atoms. The smallest absolute Gasteiger partial charge is 0.214 e. The third kappa shape index (κ3) is 3.55. The highest BCUT2D eigenvalue weighted by Gasteiger charge is 2.22. The van der Waals surface area contributed by atoms with Gasteiger partial charge in [0.1, 0.15) is 0 Å². The van der Waals surface area contributed by atoms with Gasteiger partial charge in [-0.05, 0) is 19.3 Å². The Balaban J connectivity index is 2.38. The molecule has 1 heterocycles. The fourth-order valence-corrected chi connectivity index (χ4v) is 3.21. The molecular weight excluding hydrogens is 202 g/mol. The number of hydrogen-bond donors (Lipinski definition) is 0. The minimum Gasteiger partial charge on any atom is -0.385 e. The predicted octanol–water partition coefficient (Wildman–Crippen LogP) is 0.839. The summed E-state index contributed by atoms with van der Waals surface area (Å²) in [5.41, 5.74) is 0. The maximum Gasteiger partial charge on any atom is 0.214 e. The molecule has 1 rings (SSSR count). The van der Waals surface area contributed by atoms with E-state index >= 15 is 0 Å². The molecule has 1 aliphatic rings. The molecule has 0 aromatic heterocycles. The molecule has 4 nitrogen and oxygen atoms in total. The first-order chi connectivity index (χ1) is 6.67. The molecule has 1 fully saturated rings. The lowest BCUT2D eigenvalue weighted by Crippen LogP contribution is -2.37. The highest BCUT2D eigenvalue weighted by Crippen LogP contribution is 2.13. The third-order valence-corrected chi connectivity index (χ3v) is 4.42. The lowest BCUT2D eigenvalue weighted by atomic mass is 10.2. The Bertz CT molecular complexity index is 245. The molecule has 0 N–H and O–H groups in total. The van der Waals surface area contributed by atoms with Crippen molar-refractivity contribution in [2.24, 2.45) is 0 Å². The summed E-state index contributed by atoms with van der Waals surface area (Å²) in [4.78, 5) is 0. The highest BCUT2D eigenvalue weighted by atomic mass is 32.2. The Hall–Kier alpha value is -0.130. The van der Waals surface area contributed by atoms with E-state index in [-0.39, 0.29) is 5.75 Å². The number of ether oxygens (including phenoxy) is 1. The van der Waals surface area contributed by atoms with Crippen LogP contribution in [0.2, 0.25) is 0 Å². The van der Waals surface area contributed by atoms with Gasteiger partial charge in [-0.15, -0.1) is 0 Å². The average Bonchev–Trinajstić information content (AvgIpc) is 2.19. The van der Waals surface area contributed by atoms with Crippen molar-refractivity contribution in [2.45, 2.75) is 25.7 Å². The van der Waals surface area contributed by atoms with Gasteiger partial charge < -0.3 is 4.74 Å². The van der Waals surface area contributed by atoms with Crippen LogP contribution in [0.4, 0.5) is 0 Å². The van der Waals surface area contributed by atoms with Gasteiger partial charge in [0.15, 0.2) is 0 Å². The van der Waals surface area contributed by atoms with Crippen molar-refractivity contribution in [3.63, 3.8) is 0 Å². The van der Waals surface area contributed by atoms with Crippen molar-refractivity contribution in [3.8, 4) is 0 Å². The largest absolute Gasteiger partial charge is 0.385 e. The van der Waals surface area contributed by atoms with Crippen LogP contribution >= 0.6 is 0 Å². The van der Waals surface area contributed by atoms with Gasteiger partial charge in [0.05, 0.1) is 5.75 Å². The first kappa shape index (κ1) is 11.9. The van der Waals surface area contributed by atoms with Crippen LogP contribution in [0.3, 0.4) is 0 Å². The van der Waals surface area contributed by atoms with Crippen molar-refractivity contribution < 1.29 is 13.2 Å². The van der Waals surface area contributed by atoms with Gasteiger partial charge in [-0.1, -0.05) is 6.42 Å². The van der Waals surface area contributed by atoms with Gasteiger partial charge >= 0.3 is 0 Å². The minimum atomic E-state index is -3.00. The van der Waals surface area contributed by atoms with E-state index in [1.807, 2.05) is 0 Å². The molecular formula is C9H19NO3S. The van der Waals surface area contributed by atoms with Crippen molar-refractivity contribution in [3.05, 3.63) is 0 Å². The molecule has 1 saturated heterocycles. The lowest BCUT2D eigenvalue weighted by Gasteiger charge is -2.25. The topological polar surface area (TPSA) is 46.6 Å². The summed E-state index contributed by atoms with van der Waals surface area (Å²) in [5.74, 6) is 0.223. The molecule has 0 radical (unpaired) electrons. The van der Waals surface area contributed by atoms with Gasteiger partial charge in [-0.2, -0.15) is 0 Å². The standard InChI is InChI=1S/C9H19NO3S/c1-13-8-5-9-14(11,12)10-6-3-2-4-7-10/h2-9H2,1H3. The fraction of sp³-hybridized carbons (Fsp3) is 1.00. The Morgan fingerprint density at radius 1 is 1.21 bits per heavy atom. The molecule has 0 aromatic rings. The van der Waals surface area contributed by atoms with Crippen molar-refractivity contribution >= 4 is 10.0 Å². The molecule has 0 unspecified atom stereocenters. The minimum absolute atomic E-state index is 0.223. The number of rotatable bonds is 5. The first-order valence-electron chi connectivity index (χ1n) is 5.13. The molecule has 0 bridgehead atoms. The summed E-state index contributed by atoms with van der Waals surface area (Å²) in [6.07, 6.45) is 3.76. The van der Waals surface area contributed by atoms with E-state index in [0.717, 1.165) is 19.3 Å². The van der Waals surface area contributed by atoms with Crippen LogP contribution in [-0.4, -0.2) is 45.3 Å². The van der Waals surface area contributed by atoms with Gasteiger partial charge in [0.25, 0.3) is 0 Å². The third-order valence-electron chi connectivity index (χ3n) is 2.46. The zero-order valence-electron chi connectivity index (χ0n) is 8.74. The summed E-state index contributed by atoms with van der Waals surface area (Å²) in [5, 5.41) is 0. The van der Waals surface area contributed by atoms with Crippen LogP contribution in [-0.2, 0) is 14.8 Å². The normalized spacial score (nSPS) is 19.8. The van der Waals surface area contributed by atoms with Crippen molar-refractivity contribution in [1.29, 1.82) is 0 Å². The molecule has 14 heavy (non-hydrogen) atoms. The van der Waals surface area contributed by atoms with E-state index in [1.165, 1.54) is 0 Å². The van der Waals surface area contributed by atoms with Gasteiger partial charge in [0, 0.05) is 26.8 Å². The second-order valence-corrected chi connectivity index (χ2v) is 5.71. The Labute approximate surface area is 86.3 Å². The summed E-state index contributed by atoms with van der Waals surface area (Å²) in [6, 6.07) is 0. The van der Waals surface area contributed by atoms with Crippen LogP contribution in [0.25, 0.3) is 0 Å². The Kier molecular flexibility index (Phi) is 4.84. The molecule has 5 heteroatoms. The number of piperidine rings is 1. The van der Waals surface area contributed by atoms with E-state index in [4.69, 9.17) is 4.74 Å². The Morgan fingerprint density at radius 2 is 1.86 bits per heavy atom. The quantitative estimate of drug-likeness (QED) is 0.646. The maximum absolute atomic E-state index is 11.7. The van der Waals surface area contributed by atoms with Crippen LogP contribution in [0, 0.1) is 0 Å². The monoisotopic (exact) mass is 221 g/mol. The Morgan fingerprint density at radius 3 is 2.43 bits per heavy atom. The second-order valence-electron chi connectivity index (χ2n) is 3.62. The van der Waals surface area contributed by atoms with Gasteiger partial charge in [-0.25, -0.2) is 12.7 Å². The van der Waals surface area contributed by atoms with E-state index < -0.39 is 10.0 Å². The van der Waals surface area contributed by atoms with Gasteiger partial charge in [-0.3, -0.25) is 0 Å². The van der Waals surface area contributed by atoms with Crippen LogP contribution in [0.15, 0.2) is 0 Å². The van der Waals surface area contributed by atoms with E-state index in [2.05, 4.69) is 0 Å². The number of methoxy groups -OCH3 is 1. The molecule has 0 aliphatic carbocycles. The fourth-order valence-electron chi connectivity index (χ4n) is 1.66. The van der Waals surface area contributed by atoms with E-state index in [9.17, 15) is 8.42 Å². The van der Waals surface area contributed by atoms with Gasteiger partial charge in [0.2, 0.25) is 10.0 Å². The lowest BCUT2D eigenvalue weighted by molar-refractivity contribution is 0.199. The van der Waals surface area contributed by atoms with Crippen molar-refractivity contribution in [1.82, 2.24) is 4.31 Å². The zero-order valence-corrected chi connectivity index (χ0v) is 9.55. The number of hydrogen-bond acceptors (Lipinski definition) is 3. The average molecular weight is 221 g/mol. The highest BCUT2D eigenvalue weighted by molar-refractivity contribution is 7.89. The van der Waals surface area contributed by atoms with Crippen LogP contribution < -0.4 is 0 Å². The van der Waals surface area contributed by atoms with Crippen molar-refractivity contribution in [2.75, 3.05) is 32.6 Å². The number of nitrogens with zero attached hydrogens (tertiary/aromatic N) is 1. The van der Waals surface area contributed by atoms with E-state index in [0.29, 0.717) is 26.1 Å². The molecule has 0 amide bonds. The second kappa shape index (κ2) is 5.68. The molecule has 0 aromatic carbocycles. The molecule has 1 aliphatic heterocycles.